The van der Waals surface area contributed by atoms with Crippen molar-refractivity contribution < 1.29 is 23.5 Å². The average molecular weight is 379 g/mol. The number of hydrogen-bond acceptors (Lipinski definition) is 4. The number of carbonyl (C=O) groups is 2. The Balaban J connectivity index is 2.00. The van der Waals surface area contributed by atoms with Crippen LogP contribution in [-0.4, -0.2) is 26.0 Å². The summed E-state index contributed by atoms with van der Waals surface area (Å²) in [6.07, 6.45) is 2.65. The van der Waals surface area contributed by atoms with E-state index in [0.717, 1.165) is 6.07 Å². The zero-order valence-corrected chi connectivity index (χ0v) is 14.8. The smallest absolute Gasteiger partial charge is 0.272 e. The molecule has 0 aliphatic rings. The number of hydrogen-bond donors (Lipinski definition) is 2. The van der Waals surface area contributed by atoms with Crippen molar-refractivity contribution in [2.24, 2.45) is 0 Å². The van der Waals surface area contributed by atoms with Gasteiger partial charge in [-0.1, -0.05) is 23.7 Å². The minimum atomic E-state index is -0.765. The zero-order valence-electron chi connectivity index (χ0n) is 14.0. The Kier molecular flexibility index (Phi) is 6.57. The molecule has 0 aromatic heterocycles. The van der Waals surface area contributed by atoms with Crippen molar-refractivity contribution in [3.8, 4) is 11.5 Å². The Morgan fingerprint density at radius 1 is 1.12 bits per heavy atom. The number of carbonyl (C=O) groups excluding carboxylic acids is 2. The molecule has 8 heteroatoms. The Labute approximate surface area is 154 Å². The largest absolute Gasteiger partial charge is 0.493 e. The molecule has 2 N–H and O–H groups in total. The van der Waals surface area contributed by atoms with Crippen LogP contribution in [0.3, 0.4) is 0 Å². The van der Waals surface area contributed by atoms with Gasteiger partial charge in [0.2, 0.25) is 0 Å². The summed E-state index contributed by atoms with van der Waals surface area (Å²) < 4.78 is 23.8. The van der Waals surface area contributed by atoms with Crippen LogP contribution in [0, 0.1) is 5.82 Å². The maximum atomic E-state index is 13.5. The van der Waals surface area contributed by atoms with Crippen LogP contribution in [0.1, 0.15) is 15.9 Å². The summed E-state index contributed by atoms with van der Waals surface area (Å²) in [5, 5.41) is 0.319. The zero-order chi connectivity index (χ0) is 19.1. The first-order valence-corrected chi connectivity index (χ1v) is 7.78. The van der Waals surface area contributed by atoms with Crippen LogP contribution in [0.5, 0.6) is 11.5 Å². The van der Waals surface area contributed by atoms with Crippen LogP contribution in [0.4, 0.5) is 4.39 Å². The Morgan fingerprint density at radius 3 is 2.50 bits per heavy atom. The van der Waals surface area contributed by atoms with E-state index in [1.165, 1.54) is 44.6 Å². The lowest BCUT2D eigenvalue weighted by Gasteiger charge is -2.10. The molecule has 0 fully saturated rings. The molecule has 2 aromatic rings. The third-order valence-corrected chi connectivity index (χ3v) is 3.58. The van der Waals surface area contributed by atoms with Crippen molar-refractivity contribution in [3.63, 3.8) is 0 Å². The summed E-state index contributed by atoms with van der Waals surface area (Å²) in [6.45, 7) is 0. The predicted molar refractivity (Wildman–Crippen MR) is 95.6 cm³/mol. The summed E-state index contributed by atoms with van der Waals surface area (Å²) in [6, 6.07) is 8.65. The number of rotatable bonds is 5. The van der Waals surface area contributed by atoms with Gasteiger partial charge in [0.15, 0.2) is 11.5 Å². The highest BCUT2D eigenvalue weighted by atomic mass is 35.5. The standard InChI is InChI=1S/C18H16ClFN2O4/c1-25-15-10-11(9-13(19)17(15)26-2)7-8-16(23)21-22-18(24)12-5-3-4-6-14(12)20/h3-10H,1-2H3,(H,21,23)(H,22,24)/b8-7+. The lowest BCUT2D eigenvalue weighted by molar-refractivity contribution is -0.117. The molecule has 0 bridgehead atoms. The number of nitrogens with one attached hydrogen (secondary N) is 2. The minimum Gasteiger partial charge on any atom is -0.493 e. The van der Waals surface area contributed by atoms with Crippen LogP contribution in [-0.2, 0) is 4.79 Å². The molecule has 0 spiro atoms. The molecule has 0 saturated carbocycles. The molecule has 0 saturated heterocycles. The van der Waals surface area contributed by atoms with Gasteiger partial charge in [-0.25, -0.2) is 4.39 Å². The van der Waals surface area contributed by atoms with Gasteiger partial charge in [-0.05, 0) is 35.9 Å². The molecular formula is C18H16ClFN2O4. The van der Waals surface area contributed by atoms with Crippen molar-refractivity contribution >= 4 is 29.5 Å². The number of methoxy groups -OCH3 is 2. The Morgan fingerprint density at radius 2 is 1.85 bits per heavy atom. The van der Waals surface area contributed by atoms with Gasteiger partial charge in [0, 0.05) is 6.08 Å². The summed E-state index contributed by atoms with van der Waals surface area (Å²) in [7, 11) is 2.93. The fourth-order valence-corrected chi connectivity index (χ4v) is 2.38. The van der Waals surface area contributed by atoms with Gasteiger partial charge in [-0.3, -0.25) is 20.4 Å². The second-order valence-electron chi connectivity index (χ2n) is 4.99. The van der Waals surface area contributed by atoms with E-state index in [1.807, 2.05) is 0 Å². The van der Waals surface area contributed by atoms with Gasteiger partial charge in [0.1, 0.15) is 5.82 Å². The molecule has 0 heterocycles. The Bertz CT molecular complexity index is 855. The molecule has 136 valence electrons. The summed E-state index contributed by atoms with van der Waals surface area (Å²) in [5.41, 5.74) is 4.70. The molecule has 6 nitrogen and oxygen atoms in total. The topological polar surface area (TPSA) is 76.7 Å². The van der Waals surface area contributed by atoms with Crippen molar-refractivity contribution in [1.29, 1.82) is 0 Å². The van der Waals surface area contributed by atoms with Crippen LogP contribution >= 0.6 is 11.6 Å². The number of hydrazine groups is 1. The second-order valence-corrected chi connectivity index (χ2v) is 5.40. The van der Waals surface area contributed by atoms with Crippen LogP contribution in [0.15, 0.2) is 42.5 Å². The highest BCUT2D eigenvalue weighted by molar-refractivity contribution is 6.32. The summed E-state index contributed by atoms with van der Waals surface area (Å²) in [4.78, 5) is 23.6. The quantitative estimate of drug-likeness (QED) is 0.619. The van der Waals surface area contributed by atoms with E-state index in [9.17, 15) is 14.0 Å². The fourth-order valence-electron chi connectivity index (χ4n) is 2.08. The maximum absolute atomic E-state index is 13.5. The van der Waals surface area contributed by atoms with Gasteiger partial charge in [0.05, 0.1) is 24.8 Å². The van der Waals surface area contributed by atoms with Gasteiger partial charge in [-0.2, -0.15) is 0 Å². The molecule has 0 aliphatic heterocycles. The van der Waals surface area contributed by atoms with E-state index in [1.54, 1.807) is 12.1 Å². The van der Waals surface area contributed by atoms with Crippen LogP contribution in [0.25, 0.3) is 6.08 Å². The molecule has 0 unspecified atom stereocenters. The molecule has 0 atom stereocenters. The first-order valence-electron chi connectivity index (χ1n) is 7.40. The third-order valence-electron chi connectivity index (χ3n) is 3.30. The highest BCUT2D eigenvalue weighted by Gasteiger charge is 2.11. The lowest BCUT2D eigenvalue weighted by Crippen LogP contribution is -2.41. The SMILES string of the molecule is COc1cc(/C=C/C(=O)NNC(=O)c2ccccc2F)cc(Cl)c1OC. The normalized spacial score (nSPS) is 10.5. The van der Waals surface area contributed by atoms with E-state index in [-0.39, 0.29) is 5.56 Å². The first-order chi connectivity index (χ1) is 12.5. The van der Waals surface area contributed by atoms with Crippen LogP contribution in [0.2, 0.25) is 5.02 Å². The predicted octanol–water partition coefficient (Wildman–Crippen LogP) is 2.97. The monoisotopic (exact) mass is 378 g/mol. The lowest BCUT2D eigenvalue weighted by atomic mass is 10.2. The molecule has 2 amide bonds. The first kappa shape index (κ1) is 19.3. The molecular weight excluding hydrogens is 363 g/mol. The van der Waals surface area contributed by atoms with E-state index < -0.39 is 17.6 Å². The minimum absolute atomic E-state index is 0.177. The second kappa shape index (κ2) is 8.87. The van der Waals surface area contributed by atoms with Crippen molar-refractivity contribution in [2.45, 2.75) is 0 Å². The molecule has 26 heavy (non-hydrogen) atoms. The Hall–Kier alpha value is -3.06. The van der Waals surface area contributed by atoms with E-state index in [0.29, 0.717) is 22.1 Å². The van der Waals surface area contributed by atoms with E-state index >= 15 is 0 Å². The van der Waals surface area contributed by atoms with Crippen molar-refractivity contribution in [2.75, 3.05) is 14.2 Å². The van der Waals surface area contributed by atoms with Crippen molar-refractivity contribution in [3.05, 3.63) is 64.4 Å². The number of amides is 2. The van der Waals surface area contributed by atoms with Gasteiger partial charge >= 0.3 is 0 Å². The van der Waals surface area contributed by atoms with E-state index in [4.69, 9.17) is 21.1 Å². The highest BCUT2D eigenvalue weighted by Crippen LogP contribution is 2.36. The van der Waals surface area contributed by atoms with Crippen LogP contribution < -0.4 is 20.3 Å². The third kappa shape index (κ3) is 4.73. The number of halogens is 2. The number of ether oxygens (including phenoxy) is 2. The molecule has 0 radical (unpaired) electrons. The van der Waals surface area contributed by atoms with Crippen molar-refractivity contribution in [1.82, 2.24) is 10.9 Å². The summed E-state index contributed by atoms with van der Waals surface area (Å²) in [5.74, 6) is -1.27. The summed E-state index contributed by atoms with van der Waals surface area (Å²) >= 11 is 6.08. The molecule has 0 aliphatic carbocycles. The van der Waals surface area contributed by atoms with Gasteiger partial charge in [-0.15, -0.1) is 0 Å². The van der Waals surface area contributed by atoms with Gasteiger partial charge in [0.25, 0.3) is 11.8 Å². The maximum Gasteiger partial charge on any atom is 0.272 e. The average Bonchev–Trinajstić information content (AvgIpc) is 2.64. The fraction of sp³-hybridized carbons (Fsp3) is 0.111. The molecule has 2 aromatic carbocycles. The molecule has 2 rings (SSSR count). The van der Waals surface area contributed by atoms with Gasteiger partial charge < -0.3 is 9.47 Å². The van der Waals surface area contributed by atoms with E-state index in [2.05, 4.69) is 10.9 Å². The number of benzene rings is 2.